The quantitative estimate of drug-likeness (QED) is 0.658. The van der Waals surface area contributed by atoms with Crippen molar-refractivity contribution in [1.29, 1.82) is 0 Å². The highest BCUT2D eigenvalue weighted by molar-refractivity contribution is 6.05. The predicted octanol–water partition coefficient (Wildman–Crippen LogP) is -0.609. The summed E-state index contributed by atoms with van der Waals surface area (Å²) in [4.78, 5) is 36.1. The molecule has 2 rings (SSSR count). The Labute approximate surface area is 106 Å². The first kappa shape index (κ1) is 13.0. The first-order valence-electron chi connectivity index (χ1n) is 6.37. The third-order valence-corrected chi connectivity index (χ3v) is 3.40. The molecule has 0 aromatic carbocycles. The summed E-state index contributed by atoms with van der Waals surface area (Å²) in [6.45, 7) is 4.19. The Morgan fingerprint density at radius 3 is 2.56 bits per heavy atom. The van der Waals surface area contributed by atoms with Crippen molar-refractivity contribution in [3.8, 4) is 0 Å². The van der Waals surface area contributed by atoms with Crippen LogP contribution in [0.5, 0.6) is 0 Å². The van der Waals surface area contributed by atoms with Gasteiger partial charge in [-0.1, -0.05) is 0 Å². The summed E-state index contributed by atoms with van der Waals surface area (Å²) in [6, 6.07) is -0.445. The van der Waals surface area contributed by atoms with E-state index in [4.69, 9.17) is 0 Å². The number of imide groups is 1. The van der Waals surface area contributed by atoms with Crippen LogP contribution in [0.2, 0.25) is 0 Å². The zero-order valence-corrected chi connectivity index (χ0v) is 10.7. The topological polar surface area (TPSA) is 78.5 Å². The second-order valence-electron chi connectivity index (χ2n) is 5.16. The summed E-state index contributed by atoms with van der Waals surface area (Å²) in [5.41, 5.74) is 0. The number of nitrogens with zero attached hydrogens (tertiary/aromatic N) is 1. The van der Waals surface area contributed by atoms with E-state index in [1.54, 1.807) is 0 Å². The second-order valence-corrected chi connectivity index (χ2v) is 5.16. The Balaban J connectivity index is 1.93. The number of piperidine rings is 1. The minimum Gasteiger partial charge on any atom is -0.355 e. The van der Waals surface area contributed by atoms with Gasteiger partial charge in [0.1, 0.15) is 0 Å². The lowest BCUT2D eigenvalue weighted by atomic mass is 10.1. The van der Waals surface area contributed by atoms with Crippen molar-refractivity contribution in [3.63, 3.8) is 0 Å². The minimum atomic E-state index is -0.431. The smallest absolute Gasteiger partial charge is 0.247 e. The molecule has 3 amide bonds. The van der Waals surface area contributed by atoms with Crippen LogP contribution in [0.25, 0.3) is 0 Å². The maximum Gasteiger partial charge on any atom is 0.247 e. The third-order valence-electron chi connectivity index (χ3n) is 3.40. The van der Waals surface area contributed by atoms with E-state index in [1.807, 2.05) is 13.8 Å². The molecule has 2 aliphatic heterocycles. The number of rotatable bonds is 3. The average molecular weight is 253 g/mol. The van der Waals surface area contributed by atoms with Gasteiger partial charge in [-0.05, 0) is 20.3 Å². The van der Waals surface area contributed by atoms with Crippen molar-refractivity contribution in [2.75, 3.05) is 6.54 Å². The fraction of sp³-hybridized carbons (Fsp3) is 0.750. The molecule has 6 heteroatoms. The number of carbonyl (C=O) groups excluding carboxylic acids is 3. The summed E-state index contributed by atoms with van der Waals surface area (Å²) >= 11 is 0. The molecule has 0 aromatic heterocycles. The monoisotopic (exact) mass is 253 g/mol. The summed E-state index contributed by atoms with van der Waals surface area (Å²) < 4.78 is 0. The van der Waals surface area contributed by atoms with Gasteiger partial charge in [-0.25, -0.2) is 0 Å². The number of nitrogens with one attached hydrogen (secondary N) is 2. The van der Waals surface area contributed by atoms with Crippen molar-refractivity contribution < 1.29 is 14.4 Å². The second kappa shape index (κ2) is 5.06. The molecule has 0 saturated carbocycles. The lowest BCUT2D eigenvalue weighted by Crippen LogP contribution is -2.51. The van der Waals surface area contributed by atoms with Gasteiger partial charge in [0.15, 0.2) is 0 Å². The van der Waals surface area contributed by atoms with Gasteiger partial charge in [0.05, 0.1) is 12.5 Å². The normalized spacial score (nSPS) is 29.1. The summed E-state index contributed by atoms with van der Waals surface area (Å²) in [7, 11) is 0. The van der Waals surface area contributed by atoms with Crippen LogP contribution in [0.4, 0.5) is 0 Å². The first-order chi connectivity index (χ1) is 8.49. The van der Waals surface area contributed by atoms with Crippen LogP contribution in [0, 0.1) is 0 Å². The van der Waals surface area contributed by atoms with Gasteiger partial charge < -0.3 is 10.6 Å². The van der Waals surface area contributed by atoms with E-state index in [-0.39, 0.29) is 36.2 Å². The highest BCUT2D eigenvalue weighted by atomic mass is 16.2. The standard InChI is InChI=1S/C12H19N3O3/c1-7(2)15-11(17)5-9(12(15)18)14-8-3-4-10(16)13-6-8/h7-9,14H,3-6H2,1-2H3,(H,13,16). The van der Waals surface area contributed by atoms with E-state index < -0.39 is 6.04 Å². The zero-order valence-electron chi connectivity index (χ0n) is 10.7. The van der Waals surface area contributed by atoms with Gasteiger partial charge in [-0.3, -0.25) is 19.3 Å². The molecular weight excluding hydrogens is 234 g/mol. The van der Waals surface area contributed by atoms with Crippen LogP contribution >= 0.6 is 0 Å². The molecule has 2 atom stereocenters. The zero-order chi connectivity index (χ0) is 13.3. The SMILES string of the molecule is CC(C)N1C(=O)CC(NC2CCC(=O)NC2)C1=O. The van der Waals surface area contributed by atoms with Crippen molar-refractivity contribution >= 4 is 17.7 Å². The van der Waals surface area contributed by atoms with Crippen LogP contribution in [-0.4, -0.2) is 47.3 Å². The molecule has 2 unspecified atom stereocenters. The molecule has 0 aliphatic carbocycles. The molecule has 100 valence electrons. The van der Waals surface area contributed by atoms with E-state index in [0.717, 1.165) is 0 Å². The Hall–Kier alpha value is -1.43. The van der Waals surface area contributed by atoms with Crippen molar-refractivity contribution in [3.05, 3.63) is 0 Å². The highest BCUT2D eigenvalue weighted by Gasteiger charge is 2.40. The van der Waals surface area contributed by atoms with E-state index in [0.29, 0.717) is 19.4 Å². The molecule has 2 saturated heterocycles. The highest BCUT2D eigenvalue weighted by Crippen LogP contribution is 2.17. The van der Waals surface area contributed by atoms with Crippen LogP contribution in [0.3, 0.4) is 0 Å². The fourth-order valence-corrected chi connectivity index (χ4v) is 2.48. The van der Waals surface area contributed by atoms with Gasteiger partial charge in [0, 0.05) is 25.0 Å². The Morgan fingerprint density at radius 1 is 1.33 bits per heavy atom. The number of carbonyl (C=O) groups is 3. The van der Waals surface area contributed by atoms with Crippen molar-refractivity contribution in [2.24, 2.45) is 0 Å². The summed E-state index contributed by atoms with van der Waals surface area (Å²) in [5, 5.41) is 5.93. The number of amides is 3. The Kier molecular flexibility index (Phi) is 3.65. The van der Waals surface area contributed by atoms with Gasteiger partial charge in [0.2, 0.25) is 17.7 Å². The van der Waals surface area contributed by atoms with Crippen molar-refractivity contribution in [2.45, 2.75) is 51.2 Å². The lowest BCUT2D eigenvalue weighted by Gasteiger charge is -2.26. The van der Waals surface area contributed by atoms with Gasteiger partial charge >= 0.3 is 0 Å². The van der Waals surface area contributed by atoms with E-state index in [1.165, 1.54) is 4.90 Å². The number of likely N-dealkylation sites (tertiary alicyclic amines) is 1. The van der Waals surface area contributed by atoms with Gasteiger partial charge in [-0.15, -0.1) is 0 Å². The van der Waals surface area contributed by atoms with E-state index in [9.17, 15) is 14.4 Å². The molecule has 18 heavy (non-hydrogen) atoms. The number of hydrogen-bond acceptors (Lipinski definition) is 4. The molecule has 2 heterocycles. The molecule has 2 fully saturated rings. The summed E-state index contributed by atoms with van der Waals surface area (Å²) in [5.74, 6) is -0.218. The molecule has 0 bridgehead atoms. The maximum absolute atomic E-state index is 12.1. The molecule has 0 radical (unpaired) electrons. The van der Waals surface area contributed by atoms with Crippen LogP contribution < -0.4 is 10.6 Å². The van der Waals surface area contributed by atoms with Gasteiger partial charge in [-0.2, -0.15) is 0 Å². The fourth-order valence-electron chi connectivity index (χ4n) is 2.48. The predicted molar refractivity (Wildman–Crippen MR) is 64.6 cm³/mol. The molecule has 2 aliphatic rings. The number of hydrogen-bond donors (Lipinski definition) is 2. The molecule has 6 nitrogen and oxygen atoms in total. The van der Waals surface area contributed by atoms with Crippen LogP contribution in [0.15, 0.2) is 0 Å². The minimum absolute atomic E-state index is 0.0469. The summed E-state index contributed by atoms with van der Waals surface area (Å²) in [6.07, 6.45) is 1.41. The van der Waals surface area contributed by atoms with Gasteiger partial charge in [0.25, 0.3) is 0 Å². The molecular formula is C12H19N3O3. The van der Waals surface area contributed by atoms with Crippen LogP contribution in [0.1, 0.15) is 33.1 Å². The molecule has 0 aromatic rings. The van der Waals surface area contributed by atoms with Crippen LogP contribution in [-0.2, 0) is 14.4 Å². The molecule has 0 spiro atoms. The maximum atomic E-state index is 12.1. The Bertz CT molecular complexity index is 371. The van der Waals surface area contributed by atoms with E-state index in [2.05, 4.69) is 10.6 Å². The Morgan fingerprint density at radius 2 is 2.06 bits per heavy atom. The first-order valence-corrected chi connectivity index (χ1v) is 6.37. The lowest BCUT2D eigenvalue weighted by molar-refractivity contribution is -0.140. The average Bonchev–Trinajstić information content (AvgIpc) is 2.57. The van der Waals surface area contributed by atoms with Crippen molar-refractivity contribution in [1.82, 2.24) is 15.5 Å². The van der Waals surface area contributed by atoms with E-state index >= 15 is 0 Å². The molecule has 2 N–H and O–H groups in total. The largest absolute Gasteiger partial charge is 0.355 e. The third kappa shape index (κ3) is 2.53.